The van der Waals surface area contributed by atoms with Crippen molar-refractivity contribution in [3.05, 3.63) is 23.0 Å². The van der Waals surface area contributed by atoms with Crippen LogP contribution in [0.25, 0.3) is 0 Å². The van der Waals surface area contributed by atoms with Gasteiger partial charge in [-0.05, 0) is 33.3 Å². The molecule has 1 aromatic heterocycles. The van der Waals surface area contributed by atoms with E-state index in [-0.39, 0.29) is 6.04 Å². The van der Waals surface area contributed by atoms with E-state index in [1.165, 1.54) is 0 Å². The van der Waals surface area contributed by atoms with Crippen molar-refractivity contribution >= 4 is 17.1 Å². The van der Waals surface area contributed by atoms with E-state index >= 15 is 0 Å². The third-order valence-corrected chi connectivity index (χ3v) is 3.72. The van der Waals surface area contributed by atoms with Crippen molar-refractivity contribution in [2.24, 2.45) is 0 Å². The van der Waals surface area contributed by atoms with Crippen molar-refractivity contribution in [1.82, 2.24) is 4.57 Å². The predicted octanol–water partition coefficient (Wildman–Crippen LogP) is 2.25. The average molecular weight is 241 g/mol. The minimum absolute atomic E-state index is 0.289. The van der Waals surface area contributed by atoms with Gasteiger partial charge in [-0.15, -0.1) is 0 Å². The molecule has 0 N–H and O–H groups in total. The molecule has 0 fully saturated rings. The fourth-order valence-corrected chi connectivity index (χ4v) is 2.74. The van der Waals surface area contributed by atoms with Gasteiger partial charge in [-0.2, -0.15) is 0 Å². The molecular weight excluding hydrogens is 222 g/mol. The second-order valence-electron chi connectivity index (χ2n) is 4.23. The second kappa shape index (κ2) is 5.43. The van der Waals surface area contributed by atoms with Crippen molar-refractivity contribution in [1.29, 1.82) is 0 Å². The normalized spacial score (nSPS) is 14.8. The van der Waals surface area contributed by atoms with Crippen molar-refractivity contribution < 1.29 is 9.00 Å². The highest BCUT2D eigenvalue weighted by Gasteiger charge is 2.13. The van der Waals surface area contributed by atoms with Gasteiger partial charge in [0.2, 0.25) is 0 Å². The molecule has 0 saturated heterocycles. The summed E-state index contributed by atoms with van der Waals surface area (Å²) < 4.78 is 13.2. The Labute approximate surface area is 99.3 Å². The van der Waals surface area contributed by atoms with Gasteiger partial charge in [-0.25, -0.2) is 0 Å². The molecule has 0 aliphatic carbocycles. The van der Waals surface area contributed by atoms with E-state index in [1.807, 2.05) is 19.9 Å². The van der Waals surface area contributed by atoms with Crippen LogP contribution in [-0.4, -0.2) is 27.1 Å². The maximum Gasteiger partial charge on any atom is 0.151 e. The standard InChI is InChI=1S/C12H19NO2S/c1-9(5-6-16(4)15)13-10(2)7-12(8-14)11(13)3/h7-9H,5-6H2,1-4H3. The Bertz CT molecular complexity index is 409. The number of carbonyl (C=O) groups is 1. The number of carbonyl (C=O) groups excluding carboxylic acids is 1. The van der Waals surface area contributed by atoms with Crippen molar-refractivity contribution in [3.8, 4) is 0 Å². The van der Waals surface area contributed by atoms with Crippen LogP contribution in [0.5, 0.6) is 0 Å². The van der Waals surface area contributed by atoms with Gasteiger partial charge >= 0.3 is 0 Å². The summed E-state index contributed by atoms with van der Waals surface area (Å²) in [5, 5.41) is 0. The van der Waals surface area contributed by atoms with Crippen LogP contribution in [0, 0.1) is 13.8 Å². The SMILES string of the molecule is Cc1cc(C=O)c(C)n1C(C)CCS(C)=O. The molecule has 0 aliphatic rings. The average Bonchev–Trinajstić information content (AvgIpc) is 2.50. The fraction of sp³-hybridized carbons (Fsp3) is 0.583. The summed E-state index contributed by atoms with van der Waals surface area (Å²) in [6, 6.07) is 2.19. The smallest absolute Gasteiger partial charge is 0.151 e. The number of aromatic nitrogens is 1. The van der Waals surface area contributed by atoms with Crippen molar-refractivity contribution in [2.75, 3.05) is 12.0 Å². The largest absolute Gasteiger partial charge is 0.346 e. The first-order valence-corrected chi connectivity index (χ1v) is 7.13. The minimum Gasteiger partial charge on any atom is -0.346 e. The lowest BCUT2D eigenvalue weighted by atomic mass is 10.2. The third-order valence-electron chi connectivity index (χ3n) is 2.91. The topological polar surface area (TPSA) is 39.1 Å². The molecular formula is C12H19NO2S. The molecule has 90 valence electrons. The van der Waals surface area contributed by atoms with Crippen LogP contribution in [0.2, 0.25) is 0 Å². The fourth-order valence-electron chi connectivity index (χ4n) is 2.07. The van der Waals surface area contributed by atoms with Gasteiger partial charge in [0.25, 0.3) is 0 Å². The molecule has 2 unspecified atom stereocenters. The summed E-state index contributed by atoms with van der Waals surface area (Å²) in [6.45, 7) is 6.05. The quantitative estimate of drug-likeness (QED) is 0.742. The van der Waals surface area contributed by atoms with Gasteiger partial charge in [0.1, 0.15) is 0 Å². The molecule has 4 heteroatoms. The first-order chi connectivity index (χ1) is 7.47. The minimum atomic E-state index is -0.751. The van der Waals surface area contributed by atoms with Crippen LogP contribution in [0.4, 0.5) is 0 Å². The molecule has 2 atom stereocenters. The highest BCUT2D eigenvalue weighted by Crippen LogP contribution is 2.21. The Morgan fingerprint density at radius 3 is 2.56 bits per heavy atom. The molecule has 0 aliphatic heterocycles. The second-order valence-corrected chi connectivity index (χ2v) is 5.78. The monoisotopic (exact) mass is 241 g/mol. The molecule has 0 amide bonds. The van der Waals surface area contributed by atoms with Gasteiger partial charge in [-0.3, -0.25) is 9.00 Å². The summed E-state index contributed by atoms with van der Waals surface area (Å²) in [4.78, 5) is 10.8. The lowest BCUT2D eigenvalue weighted by molar-refractivity contribution is 0.112. The van der Waals surface area contributed by atoms with Gasteiger partial charge in [0.05, 0.1) is 0 Å². The molecule has 1 aromatic rings. The van der Waals surface area contributed by atoms with E-state index in [0.29, 0.717) is 5.75 Å². The lowest BCUT2D eigenvalue weighted by Gasteiger charge is -2.18. The molecule has 0 bridgehead atoms. The van der Waals surface area contributed by atoms with Gasteiger partial charge < -0.3 is 4.57 Å². The highest BCUT2D eigenvalue weighted by molar-refractivity contribution is 7.84. The molecule has 16 heavy (non-hydrogen) atoms. The zero-order valence-electron chi connectivity index (χ0n) is 10.3. The summed E-state index contributed by atoms with van der Waals surface area (Å²) >= 11 is 0. The van der Waals surface area contributed by atoms with Crippen LogP contribution in [0.15, 0.2) is 6.07 Å². The maximum atomic E-state index is 11.1. The lowest BCUT2D eigenvalue weighted by Crippen LogP contribution is -2.12. The zero-order chi connectivity index (χ0) is 12.3. The van der Waals surface area contributed by atoms with Crippen molar-refractivity contribution in [2.45, 2.75) is 33.2 Å². The molecule has 1 rings (SSSR count). The Balaban J connectivity index is 2.90. The van der Waals surface area contributed by atoms with Gasteiger partial charge in [-0.1, -0.05) is 0 Å². The number of nitrogens with zero attached hydrogens (tertiary/aromatic N) is 1. The summed E-state index contributed by atoms with van der Waals surface area (Å²) in [6.07, 6.45) is 3.49. The predicted molar refractivity (Wildman–Crippen MR) is 67.6 cm³/mol. The number of aryl methyl sites for hydroxylation is 1. The van der Waals surface area contributed by atoms with E-state index in [9.17, 15) is 9.00 Å². The van der Waals surface area contributed by atoms with Gasteiger partial charge in [0, 0.05) is 45.8 Å². The van der Waals surface area contributed by atoms with E-state index < -0.39 is 10.8 Å². The molecule has 3 nitrogen and oxygen atoms in total. The van der Waals surface area contributed by atoms with E-state index in [2.05, 4.69) is 11.5 Å². The van der Waals surface area contributed by atoms with E-state index in [0.717, 1.165) is 29.7 Å². The molecule has 1 heterocycles. The molecule has 0 aromatic carbocycles. The first kappa shape index (κ1) is 13.2. The number of aldehydes is 1. The Morgan fingerprint density at radius 2 is 2.12 bits per heavy atom. The summed E-state index contributed by atoms with van der Waals surface area (Å²) in [5.74, 6) is 0.703. The van der Waals surface area contributed by atoms with Crippen molar-refractivity contribution in [3.63, 3.8) is 0 Å². The zero-order valence-corrected chi connectivity index (χ0v) is 11.1. The van der Waals surface area contributed by atoms with E-state index in [1.54, 1.807) is 6.26 Å². The number of rotatable bonds is 5. The first-order valence-electron chi connectivity index (χ1n) is 5.41. The highest BCUT2D eigenvalue weighted by atomic mass is 32.2. The van der Waals surface area contributed by atoms with Crippen LogP contribution in [0.3, 0.4) is 0 Å². The number of hydrogen-bond acceptors (Lipinski definition) is 2. The van der Waals surface area contributed by atoms with Crippen LogP contribution in [0.1, 0.15) is 41.1 Å². The Morgan fingerprint density at radius 1 is 1.50 bits per heavy atom. The third kappa shape index (κ3) is 2.82. The van der Waals surface area contributed by atoms with E-state index in [4.69, 9.17) is 0 Å². The van der Waals surface area contributed by atoms with Gasteiger partial charge in [0.15, 0.2) is 6.29 Å². The van der Waals surface area contributed by atoms with Crippen LogP contribution in [-0.2, 0) is 10.8 Å². The summed E-state index contributed by atoms with van der Waals surface area (Å²) in [7, 11) is -0.751. The Kier molecular flexibility index (Phi) is 4.47. The van der Waals surface area contributed by atoms with Crippen LogP contribution >= 0.6 is 0 Å². The Hall–Kier alpha value is -0.900. The summed E-state index contributed by atoms with van der Waals surface area (Å²) in [5.41, 5.74) is 2.85. The molecule has 0 saturated carbocycles. The molecule has 0 radical (unpaired) electrons. The maximum absolute atomic E-state index is 11.1. The van der Waals surface area contributed by atoms with Crippen LogP contribution < -0.4 is 0 Å². The number of hydrogen-bond donors (Lipinski definition) is 0. The molecule has 0 spiro atoms.